The molecule has 0 spiro atoms. The van der Waals surface area contributed by atoms with Crippen molar-refractivity contribution in [2.45, 2.75) is 45.3 Å². The Morgan fingerprint density at radius 2 is 2.20 bits per heavy atom. The number of aromatic nitrogens is 1. The van der Waals surface area contributed by atoms with Gasteiger partial charge in [0.25, 0.3) is 11.1 Å². The van der Waals surface area contributed by atoms with Gasteiger partial charge in [0.1, 0.15) is 5.52 Å². The van der Waals surface area contributed by atoms with Crippen LogP contribution in [-0.4, -0.2) is 22.4 Å². The summed E-state index contributed by atoms with van der Waals surface area (Å²) in [5, 5.41) is 4.99. The van der Waals surface area contributed by atoms with Crippen LogP contribution in [-0.2, 0) is 4.79 Å². The van der Waals surface area contributed by atoms with Gasteiger partial charge in [-0.3, -0.25) is 4.79 Å². The quantitative estimate of drug-likeness (QED) is 0.656. The largest absolute Gasteiger partial charge is 0.431 e. The molecular weight excluding hydrogens is 334 g/mol. The minimum atomic E-state index is -0.121. The van der Waals surface area contributed by atoms with Gasteiger partial charge in [0.05, 0.1) is 5.75 Å². The fourth-order valence-corrected chi connectivity index (χ4v) is 4.93. The van der Waals surface area contributed by atoms with Crippen molar-refractivity contribution < 1.29 is 9.21 Å². The molecular formula is C19H23N3O2S. The summed E-state index contributed by atoms with van der Waals surface area (Å²) in [5.41, 5.74) is 5.81. The zero-order chi connectivity index (χ0) is 17.7. The molecule has 1 amide bonds. The number of carbonyl (C=O) groups excluding carboxylic acids is 1. The first-order chi connectivity index (χ1) is 11.9. The van der Waals surface area contributed by atoms with Gasteiger partial charge < -0.3 is 4.42 Å². The molecule has 2 atom stereocenters. The highest BCUT2D eigenvalue weighted by molar-refractivity contribution is 7.99. The van der Waals surface area contributed by atoms with E-state index in [0.29, 0.717) is 11.1 Å². The molecule has 25 heavy (non-hydrogen) atoms. The van der Waals surface area contributed by atoms with Gasteiger partial charge in [-0.2, -0.15) is 5.10 Å². The van der Waals surface area contributed by atoms with Gasteiger partial charge in [-0.15, -0.1) is 0 Å². The summed E-state index contributed by atoms with van der Waals surface area (Å²) in [4.78, 5) is 16.5. The highest BCUT2D eigenvalue weighted by atomic mass is 32.2. The molecule has 2 aliphatic carbocycles. The molecule has 5 nitrogen and oxygen atoms in total. The summed E-state index contributed by atoms with van der Waals surface area (Å²) >= 11 is 1.29. The van der Waals surface area contributed by atoms with E-state index in [-0.39, 0.29) is 22.5 Å². The van der Waals surface area contributed by atoms with Crippen molar-refractivity contribution in [3.05, 3.63) is 24.3 Å². The van der Waals surface area contributed by atoms with Crippen LogP contribution >= 0.6 is 11.8 Å². The van der Waals surface area contributed by atoms with Crippen LogP contribution in [0.2, 0.25) is 0 Å². The van der Waals surface area contributed by atoms with Gasteiger partial charge in [-0.05, 0) is 42.7 Å². The molecule has 0 radical (unpaired) electrons. The number of nitrogens with one attached hydrogen (secondary N) is 1. The Morgan fingerprint density at radius 3 is 2.88 bits per heavy atom. The Hall–Kier alpha value is -1.82. The third-order valence-electron chi connectivity index (χ3n) is 6.43. The summed E-state index contributed by atoms with van der Waals surface area (Å²) < 4.78 is 5.62. The van der Waals surface area contributed by atoms with Crippen molar-refractivity contribution in [2.24, 2.45) is 21.8 Å². The minimum absolute atomic E-state index is 0.110. The number of oxazole rings is 1. The maximum absolute atomic E-state index is 12.2. The molecule has 2 fully saturated rings. The maximum Gasteiger partial charge on any atom is 0.257 e. The molecule has 1 aromatic heterocycles. The molecule has 132 valence electrons. The van der Waals surface area contributed by atoms with Crippen molar-refractivity contribution in [3.8, 4) is 0 Å². The molecule has 1 N–H and O–H groups in total. The highest BCUT2D eigenvalue weighted by Gasteiger charge is 2.59. The number of carbonyl (C=O) groups is 1. The fourth-order valence-electron chi connectivity index (χ4n) is 4.30. The number of fused-ring (bicyclic) bond motifs is 3. The second kappa shape index (κ2) is 5.87. The summed E-state index contributed by atoms with van der Waals surface area (Å²) in [5.74, 6) is 0.804. The minimum Gasteiger partial charge on any atom is -0.431 e. The van der Waals surface area contributed by atoms with Gasteiger partial charge in [0, 0.05) is 11.1 Å². The molecule has 0 aliphatic heterocycles. The summed E-state index contributed by atoms with van der Waals surface area (Å²) in [7, 11) is 0. The molecule has 1 heterocycles. The van der Waals surface area contributed by atoms with Crippen molar-refractivity contribution in [1.29, 1.82) is 0 Å². The van der Waals surface area contributed by atoms with Crippen LogP contribution in [0.1, 0.15) is 40.0 Å². The molecule has 2 saturated carbocycles. The number of benzene rings is 1. The van der Waals surface area contributed by atoms with Gasteiger partial charge in [-0.25, -0.2) is 10.4 Å². The molecule has 0 saturated heterocycles. The van der Waals surface area contributed by atoms with E-state index < -0.39 is 0 Å². The number of rotatable bonds is 4. The predicted molar refractivity (Wildman–Crippen MR) is 99.5 cm³/mol. The Labute approximate surface area is 151 Å². The lowest BCUT2D eigenvalue weighted by Crippen LogP contribution is -2.34. The number of hydrogen-bond acceptors (Lipinski definition) is 5. The molecule has 2 aliphatic rings. The van der Waals surface area contributed by atoms with Crippen molar-refractivity contribution in [1.82, 2.24) is 10.4 Å². The second-order valence-corrected chi connectivity index (χ2v) is 8.75. The SMILES string of the molecule is CC12CCC(CC1=NNC(=O)CSc1nc3ccccc3o1)C2(C)C. The average Bonchev–Trinajstić information content (AvgIpc) is 3.16. The second-order valence-electron chi connectivity index (χ2n) is 7.82. The molecule has 2 unspecified atom stereocenters. The van der Waals surface area contributed by atoms with Gasteiger partial charge in [0.15, 0.2) is 5.58 Å². The van der Waals surface area contributed by atoms with E-state index in [1.165, 1.54) is 18.2 Å². The first-order valence-electron chi connectivity index (χ1n) is 8.74. The molecule has 2 aromatic rings. The number of hydrogen-bond donors (Lipinski definition) is 1. The number of nitrogens with zero attached hydrogens (tertiary/aromatic N) is 2. The van der Waals surface area contributed by atoms with Crippen LogP contribution in [0, 0.1) is 16.7 Å². The van der Waals surface area contributed by atoms with Crippen molar-refractivity contribution in [2.75, 3.05) is 5.75 Å². The van der Waals surface area contributed by atoms with Crippen molar-refractivity contribution in [3.63, 3.8) is 0 Å². The molecule has 1 aromatic carbocycles. The fraction of sp³-hybridized carbons (Fsp3) is 0.526. The lowest BCUT2D eigenvalue weighted by Gasteiger charge is -2.34. The topological polar surface area (TPSA) is 67.5 Å². The number of hydrazone groups is 1. The van der Waals surface area contributed by atoms with E-state index in [1.54, 1.807) is 0 Å². The predicted octanol–water partition coefficient (Wildman–Crippen LogP) is 4.24. The van der Waals surface area contributed by atoms with E-state index in [9.17, 15) is 4.79 Å². The zero-order valence-corrected chi connectivity index (χ0v) is 15.7. The average molecular weight is 357 g/mol. The van der Waals surface area contributed by atoms with Crippen LogP contribution in [0.4, 0.5) is 0 Å². The van der Waals surface area contributed by atoms with E-state index in [0.717, 1.165) is 29.7 Å². The Balaban J connectivity index is 1.37. The van der Waals surface area contributed by atoms with Crippen LogP contribution in [0.5, 0.6) is 0 Å². The van der Waals surface area contributed by atoms with Crippen LogP contribution in [0.25, 0.3) is 11.1 Å². The zero-order valence-electron chi connectivity index (χ0n) is 14.8. The van der Waals surface area contributed by atoms with Gasteiger partial charge >= 0.3 is 0 Å². The summed E-state index contributed by atoms with van der Waals surface area (Å²) in [6, 6.07) is 7.59. The van der Waals surface area contributed by atoms with Crippen LogP contribution in [0.3, 0.4) is 0 Å². The third kappa shape index (κ3) is 2.67. The highest BCUT2D eigenvalue weighted by Crippen LogP contribution is 2.63. The maximum atomic E-state index is 12.2. The monoisotopic (exact) mass is 357 g/mol. The molecule has 2 bridgehead atoms. The first kappa shape index (κ1) is 16.6. The normalized spacial score (nSPS) is 28.8. The van der Waals surface area contributed by atoms with E-state index in [1.807, 2.05) is 24.3 Å². The van der Waals surface area contributed by atoms with Crippen LogP contribution in [0.15, 0.2) is 39.0 Å². The Bertz CT molecular complexity index is 824. The number of amides is 1. The van der Waals surface area contributed by atoms with Gasteiger partial charge in [-0.1, -0.05) is 44.7 Å². The van der Waals surface area contributed by atoms with E-state index in [4.69, 9.17) is 4.42 Å². The molecule has 6 heteroatoms. The van der Waals surface area contributed by atoms with E-state index in [2.05, 4.69) is 36.3 Å². The Kier molecular flexibility index (Phi) is 3.90. The number of para-hydroxylation sites is 2. The van der Waals surface area contributed by atoms with E-state index >= 15 is 0 Å². The standard InChI is InChI=1S/C19H23N3O2S/c1-18(2)12-8-9-19(18,3)15(10-12)21-22-16(23)11-25-17-20-13-6-4-5-7-14(13)24-17/h4-7,12H,8-11H2,1-3H3,(H,22,23). The molecule has 4 rings (SSSR count). The summed E-state index contributed by atoms with van der Waals surface area (Å²) in [6.45, 7) is 6.95. The lowest BCUT2D eigenvalue weighted by molar-refractivity contribution is -0.118. The summed E-state index contributed by atoms with van der Waals surface area (Å²) in [6.07, 6.45) is 3.43. The van der Waals surface area contributed by atoms with Gasteiger partial charge in [0.2, 0.25) is 0 Å². The number of thioether (sulfide) groups is 1. The lowest BCUT2D eigenvalue weighted by atomic mass is 9.70. The first-order valence-corrected chi connectivity index (χ1v) is 9.73. The smallest absolute Gasteiger partial charge is 0.257 e. The third-order valence-corrected chi connectivity index (χ3v) is 7.26. The Morgan fingerprint density at radius 1 is 1.40 bits per heavy atom. The van der Waals surface area contributed by atoms with Crippen LogP contribution < -0.4 is 5.43 Å². The van der Waals surface area contributed by atoms with Crippen molar-refractivity contribution >= 4 is 34.5 Å².